The van der Waals surface area contributed by atoms with Crippen LogP contribution >= 0.6 is 23.2 Å². The average molecular weight is 390 g/mol. The van der Waals surface area contributed by atoms with E-state index in [4.69, 9.17) is 27.6 Å². The van der Waals surface area contributed by atoms with Gasteiger partial charge in [-0.25, -0.2) is 0 Å². The van der Waals surface area contributed by atoms with Crippen LogP contribution in [0.15, 0.2) is 71.3 Å². The monoisotopic (exact) mass is 389 g/mol. The molecule has 6 heteroatoms. The number of carbonyl (C=O) groups is 1. The molecule has 4 nitrogen and oxygen atoms in total. The molecule has 0 fully saturated rings. The molecule has 134 valence electrons. The molecule has 2 aromatic carbocycles. The van der Waals surface area contributed by atoms with Crippen molar-refractivity contribution < 1.29 is 14.5 Å². The highest BCUT2D eigenvalue weighted by molar-refractivity contribution is 6.35. The molecule has 1 atom stereocenters. The lowest BCUT2D eigenvalue weighted by atomic mass is 10.0. The first kappa shape index (κ1) is 18.5. The van der Waals surface area contributed by atoms with Crippen molar-refractivity contribution in [2.45, 2.75) is 12.6 Å². The molecule has 0 aliphatic heterocycles. The predicted octanol–water partition coefficient (Wildman–Crippen LogP) is 3.56. The number of nitrogens with two attached hydrogens (primary N) is 1. The molecular formula is C20H19Cl2N2O2+. The van der Waals surface area contributed by atoms with Gasteiger partial charge in [-0.2, -0.15) is 0 Å². The highest BCUT2D eigenvalue weighted by Crippen LogP contribution is 2.21. The van der Waals surface area contributed by atoms with Crippen LogP contribution in [0, 0.1) is 0 Å². The molecule has 1 aromatic heterocycles. The van der Waals surface area contributed by atoms with E-state index < -0.39 is 0 Å². The van der Waals surface area contributed by atoms with E-state index in [1.807, 2.05) is 53.8 Å². The van der Waals surface area contributed by atoms with Gasteiger partial charge < -0.3 is 15.1 Å². The minimum absolute atomic E-state index is 0.0731. The van der Waals surface area contributed by atoms with E-state index >= 15 is 0 Å². The molecule has 3 rings (SSSR count). The fraction of sp³-hybridized carbons (Fsp3) is 0.150. The Balaban J connectivity index is 1.59. The summed E-state index contributed by atoms with van der Waals surface area (Å²) in [4.78, 5) is 12.3. The average Bonchev–Trinajstić information content (AvgIpc) is 3.16. The van der Waals surface area contributed by atoms with E-state index in [2.05, 4.69) is 5.32 Å². The smallest absolute Gasteiger partial charge is 0.275 e. The van der Waals surface area contributed by atoms with Crippen molar-refractivity contribution in [2.24, 2.45) is 0 Å². The number of furan rings is 1. The maximum absolute atomic E-state index is 12.3. The molecule has 1 amide bonds. The summed E-state index contributed by atoms with van der Waals surface area (Å²) in [6, 6.07) is 18.9. The number of carbonyl (C=O) groups excluding carboxylic acids is 1. The van der Waals surface area contributed by atoms with Crippen LogP contribution in [-0.2, 0) is 11.3 Å². The van der Waals surface area contributed by atoms with Gasteiger partial charge in [0.2, 0.25) is 0 Å². The first-order chi connectivity index (χ1) is 12.6. The topological polar surface area (TPSA) is 58.9 Å². The van der Waals surface area contributed by atoms with Crippen molar-refractivity contribution in [3.05, 3.63) is 93.9 Å². The Hall–Kier alpha value is -2.27. The normalized spacial score (nSPS) is 11.9. The molecule has 0 spiro atoms. The zero-order valence-electron chi connectivity index (χ0n) is 14.0. The van der Waals surface area contributed by atoms with Gasteiger partial charge in [0.05, 0.1) is 6.26 Å². The van der Waals surface area contributed by atoms with Crippen LogP contribution in [0.3, 0.4) is 0 Å². The molecule has 0 aliphatic carbocycles. The molecule has 0 aliphatic rings. The zero-order valence-corrected chi connectivity index (χ0v) is 15.5. The van der Waals surface area contributed by atoms with Gasteiger partial charge in [0.15, 0.2) is 18.3 Å². The number of halogens is 2. The maximum Gasteiger partial charge on any atom is 0.275 e. The van der Waals surface area contributed by atoms with Gasteiger partial charge >= 0.3 is 0 Å². The Bertz CT molecular complexity index is 852. The fourth-order valence-electron chi connectivity index (χ4n) is 2.70. The summed E-state index contributed by atoms with van der Waals surface area (Å²) >= 11 is 12.0. The van der Waals surface area contributed by atoms with Gasteiger partial charge in [0.25, 0.3) is 5.91 Å². The van der Waals surface area contributed by atoms with Gasteiger partial charge in [-0.3, -0.25) is 4.79 Å². The lowest BCUT2D eigenvalue weighted by Crippen LogP contribution is -2.87. The molecule has 0 bridgehead atoms. The molecule has 1 heterocycles. The molecule has 26 heavy (non-hydrogen) atoms. The summed E-state index contributed by atoms with van der Waals surface area (Å²) in [5.41, 5.74) is 1.91. The Kier molecular flexibility index (Phi) is 6.34. The third-order valence-electron chi connectivity index (χ3n) is 4.04. The number of rotatable bonds is 7. The Morgan fingerprint density at radius 3 is 2.58 bits per heavy atom. The summed E-state index contributed by atoms with van der Waals surface area (Å²) in [6.07, 6.45) is 1.64. The van der Waals surface area contributed by atoms with E-state index in [9.17, 15) is 4.79 Å². The summed E-state index contributed by atoms with van der Waals surface area (Å²) in [5, 5.41) is 5.95. The minimum atomic E-state index is -0.0801. The largest absolute Gasteiger partial charge is 0.463 e. The van der Waals surface area contributed by atoms with Crippen molar-refractivity contribution in [1.82, 2.24) is 5.32 Å². The highest BCUT2D eigenvalue weighted by Gasteiger charge is 2.21. The number of hydrogen-bond acceptors (Lipinski definition) is 2. The first-order valence-electron chi connectivity index (χ1n) is 8.26. The SMILES string of the molecule is O=C(C[NH2+][C@H](c1ccccc1)c1ccco1)NCc1ccc(Cl)cc1Cl. The third-order valence-corrected chi connectivity index (χ3v) is 4.63. The first-order valence-corrected chi connectivity index (χ1v) is 9.01. The van der Waals surface area contributed by atoms with Crippen LogP contribution < -0.4 is 10.6 Å². The Labute approximate surface area is 162 Å². The van der Waals surface area contributed by atoms with Crippen LogP contribution in [0.2, 0.25) is 10.0 Å². The van der Waals surface area contributed by atoms with Crippen molar-refractivity contribution in [1.29, 1.82) is 0 Å². The second-order valence-corrected chi connectivity index (χ2v) is 6.70. The molecule has 0 unspecified atom stereocenters. The standard InChI is InChI=1S/C20H18Cl2N2O2/c21-16-9-8-15(17(22)11-16)12-23-19(25)13-24-20(18-7-4-10-26-18)14-5-2-1-3-6-14/h1-11,20,24H,12-13H2,(H,23,25)/p+1/t20-/m1/s1. The summed E-state index contributed by atoms with van der Waals surface area (Å²) < 4.78 is 5.55. The predicted molar refractivity (Wildman–Crippen MR) is 102 cm³/mol. The highest BCUT2D eigenvalue weighted by atomic mass is 35.5. The van der Waals surface area contributed by atoms with Gasteiger partial charge in [-0.15, -0.1) is 0 Å². The Morgan fingerprint density at radius 1 is 1.08 bits per heavy atom. The number of quaternary nitrogens is 1. The second kappa shape index (κ2) is 8.90. The van der Waals surface area contributed by atoms with E-state index in [0.29, 0.717) is 16.6 Å². The van der Waals surface area contributed by atoms with E-state index in [1.165, 1.54) is 0 Å². The van der Waals surface area contributed by atoms with Crippen molar-refractivity contribution in [3.8, 4) is 0 Å². The molecule has 3 aromatic rings. The van der Waals surface area contributed by atoms with E-state index in [-0.39, 0.29) is 18.5 Å². The number of amides is 1. The quantitative estimate of drug-likeness (QED) is 0.648. The fourth-order valence-corrected chi connectivity index (χ4v) is 3.18. The van der Waals surface area contributed by atoms with Gasteiger partial charge in [0.1, 0.15) is 0 Å². The zero-order chi connectivity index (χ0) is 18.4. The molecule has 3 N–H and O–H groups in total. The van der Waals surface area contributed by atoms with Crippen LogP contribution in [0.25, 0.3) is 0 Å². The Morgan fingerprint density at radius 2 is 1.88 bits per heavy atom. The van der Waals surface area contributed by atoms with Crippen LogP contribution in [-0.4, -0.2) is 12.5 Å². The summed E-state index contributed by atoms with van der Waals surface area (Å²) in [5.74, 6) is 0.730. The van der Waals surface area contributed by atoms with E-state index in [1.54, 1.807) is 18.4 Å². The number of benzene rings is 2. The third kappa shape index (κ3) is 4.88. The van der Waals surface area contributed by atoms with Crippen LogP contribution in [0.5, 0.6) is 0 Å². The maximum atomic E-state index is 12.3. The van der Waals surface area contributed by atoms with Gasteiger partial charge in [0, 0.05) is 22.2 Å². The number of hydrogen-bond donors (Lipinski definition) is 2. The molecule has 0 saturated carbocycles. The van der Waals surface area contributed by atoms with Crippen molar-refractivity contribution in [2.75, 3.05) is 6.54 Å². The number of nitrogens with one attached hydrogen (secondary N) is 1. The van der Waals surface area contributed by atoms with Crippen molar-refractivity contribution >= 4 is 29.1 Å². The summed E-state index contributed by atoms with van der Waals surface area (Å²) in [7, 11) is 0. The molecule has 0 radical (unpaired) electrons. The lowest BCUT2D eigenvalue weighted by molar-refractivity contribution is -0.678. The van der Waals surface area contributed by atoms with Crippen molar-refractivity contribution in [3.63, 3.8) is 0 Å². The summed E-state index contributed by atoms with van der Waals surface area (Å²) in [6.45, 7) is 0.630. The minimum Gasteiger partial charge on any atom is -0.463 e. The van der Waals surface area contributed by atoms with Crippen LogP contribution in [0.4, 0.5) is 0 Å². The van der Waals surface area contributed by atoms with Gasteiger partial charge in [-0.05, 0) is 29.8 Å². The second-order valence-electron chi connectivity index (χ2n) is 5.86. The molecular weight excluding hydrogens is 371 g/mol. The van der Waals surface area contributed by atoms with E-state index in [0.717, 1.165) is 16.9 Å². The lowest BCUT2D eigenvalue weighted by Gasteiger charge is -2.14. The van der Waals surface area contributed by atoms with Crippen LogP contribution in [0.1, 0.15) is 22.9 Å². The molecule has 0 saturated heterocycles. The van der Waals surface area contributed by atoms with Gasteiger partial charge in [-0.1, -0.05) is 59.6 Å².